The van der Waals surface area contributed by atoms with Crippen LogP contribution in [0.3, 0.4) is 0 Å². The molecule has 0 unspecified atom stereocenters. The average Bonchev–Trinajstić information content (AvgIpc) is 2.91. The van der Waals surface area contributed by atoms with E-state index in [0.29, 0.717) is 17.8 Å². The number of phosphoric ester groups is 3. The van der Waals surface area contributed by atoms with Crippen LogP contribution in [0.25, 0.3) is 0 Å². The standard InChI is InChI=1S/C23H33O12P3/c24-36-27-7-20(8-28-36,9-29-36)23(21-10-30-37(25,31-11-21)32-12-21,22-13-33-38(26,34-14-22)35-15-22)19-4-16-1-17(5-19)3-18(2-16)6-19/h16-18H,1-15H2. The summed E-state index contributed by atoms with van der Waals surface area (Å²) in [6.07, 6.45) is 6.61. The molecule has 9 aliphatic heterocycles. The van der Waals surface area contributed by atoms with Crippen molar-refractivity contribution < 1.29 is 54.4 Å². The minimum Gasteiger partial charge on any atom is -0.286 e. The molecule has 13 aliphatic rings. The second-order valence-electron chi connectivity index (χ2n) is 13.6. The summed E-state index contributed by atoms with van der Waals surface area (Å²) in [7, 11) is -10.9. The molecule has 0 aromatic carbocycles. The summed E-state index contributed by atoms with van der Waals surface area (Å²) in [6, 6.07) is 0. The van der Waals surface area contributed by atoms with Crippen molar-refractivity contribution in [3.05, 3.63) is 0 Å². The van der Waals surface area contributed by atoms with Crippen LogP contribution >= 0.6 is 23.5 Å². The first kappa shape index (κ1) is 24.9. The second-order valence-corrected chi connectivity index (χ2v) is 18.6. The Morgan fingerprint density at radius 1 is 0.421 bits per heavy atom. The Kier molecular flexibility index (Phi) is 4.88. The van der Waals surface area contributed by atoms with Gasteiger partial charge in [-0.3, -0.25) is 40.7 Å². The lowest BCUT2D eigenvalue weighted by Gasteiger charge is -2.79. The van der Waals surface area contributed by atoms with Gasteiger partial charge in [-0.05, 0) is 61.7 Å². The van der Waals surface area contributed by atoms with Crippen molar-refractivity contribution in [3.8, 4) is 0 Å². The first-order valence-corrected chi connectivity index (χ1v) is 18.1. The van der Waals surface area contributed by atoms with Crippen LogP contribution < -0.4 is 0 Å². The molecule has 212 valence electrons. The van der Waals surface area contributed by atoms with E-state index >= 15 is 0 Å². The largest absolute Gasteiger partial charge is 0.474 e. The van der Waals surface area contributed by atoms with Gasteiger partial charge in [-0.1, -0.05) is 0 Å². The quantitative estimate of drug-likeness (QED) is 0.418. The topological polar surface area (TPSA) is 134 Å². The van der Waals surface area contributed by atoms with Gasteiger partial charge in [0, 0.05) is 5.41 Å². The molecule has 15 heteroatoms. The van der Waals surface area contributed by atoms with Gasteiger partial charge in [0.25, 0.3) is 0 Å². The van der Waals surface area contributed by atoms with Gasteiger partial charge in [-0.2, -0.15) is 0 Å². The lowest BCUT2D eigenvalue weighted by Crippen LogP contribution is -2.82. The molecular formula is C23H33O12P3. The van der Waals surface area contributed by atoms with Crippen LogP contribution in [0.5, 0.6) is 0 Å². The summed E-state index contributed by atoms with van der Waals surface area (Å²) >= 11 is 0. The van der Waals surface area contributed by atoms with Gasteiger partial charge in [0.1, 0.15) is 0 Å². The monoisotopic (exact) mass is 594 g/mol. The third kappa shape index (κ3) is 2.84. The highest BCUT2D eigenvalue weighted by atomic mass is 31.2. The minimum absolute atomic E-state index is 0.158. The van der Waals surface area contributed by atoms with Gasteiger partial charge < -0.3 is 0 Å². The average molecular weight is 594 g/mol. The Labute approximate surface area is 220 Å². The Morgan fingerprint density at radius 3 is 0.895 bits per heavy atom. The van der Waals surface area contributed by atoms with Crippen LogP contribution in [-0.4, -0.2) is 59.5 Å². The Balaban J connectivity index is 1.34. The van der Waals surface area contributed by atoms with Gasteiger partial charge in [-0.15, -0.1) is 0 Å². The van der Waals surface area contributed by atoms with E-state index in [1.54, 1.807) is 0 Å². The van der Waals surface area contributed by atoms with E-state index in [-0.39, 0.29) is 64.9 Å². The van der Waals surface area contributed by atoms with Crippen LogP contribution in [0.4, 0.5) is 0 Å². The molecule has 9 heterocycles. The van der Waals surface area contributed by atoms with Crippen LogP contribution in [0, 0.1) is 44.8 Å². The van der Waals surface area contributed by atoms with E-state index in [4.69, 9.17) is 40.7 Å². The van der Waals surface area contributed by atoms with Crippen LogP contribution in [0.15, 0.2) is 0 Å². The summed E-state index contributed by atoms with van der Waals surface area (Å²) in [5, 5.41) is 0. The van der Waals surface area contributed by atoms with Crippen molar-refractivity contribution in [2.75, 3.05) is 59.5 Å². The molecule has 0 atom stereocenters. The lowest BCUT2D eigenvalue weighted by atomic mass is 9.28. The van der Waals surface area contributed by atoms with Crippen LogP contribution in [0.1, 0.15) is 38.5 Å². The highest BCUT2D eigenvalue weighted by Gasteiger charge is 2.85. The van der Waals surface area contributed by atoms with E-state index in [2.05, 4.69) is 0 Å². The molecule has 0 N–H and O–H groups in total. The van der Waals surface area contributed by atoms with Crippen molar-refractivity contribution in [3.63, 3.8) is 0 Å². The fraction of sp³-hybridized carbons (Fsp3) is 1.00. The zero-order chi connectivity index (χ0) is 25.7. The first-order valence-electron chi connectivity index (χ1n) is 13.7. The number of rotatable bonds is 4. The molecule has 0 spiro atoms. The van der Waals surface area contributed by atoms with E-state index < -0.39 is 45.1 Å². The number of hydrogen-bond donors (Lipinski definition) is 0. The Bertz CT molecular complexity index is 993. The smallest absolute Gasteiger partial charge is 0.286 e. The van der Waals surface area contributed by atoms with Crippen LogP contribution in [0.2, 0.25) is 0 Å². The fourth-order valence-electron chi connectivity index (χ4n) is 11.5. The summed E-state index contributed by atoms with van der Waals surface area (Å²) in [5.74, 6) is 1.73. The maximum Gasteiger partial charge on any atom is 0.474 e. The van der Waals surface area contributed by atoms with Crippen LogP contribution in [-0.2, 0) is 54.4 Å². The van der Waals surface area contributed by atoms with Gasteiger partial charge in [0.05, 0.1) is 75.7 Å². The summed E-state index contributed by atoms with van der Waals surface area (Å²) in [5.41, 5.74) is -3.53. The second kappa shape index (κ2) is 7.45. The number of hydrogen-bond acceptors (Lipinski definition) is 12. The molecule has 0 amide bonds. The summed E-state index contributed by atoms with van der Waals surface area (Å²) in [6.45, 7) is 1.42. The minimum atomic E-state index is -3.63. The lowest BCUT2D eigenvalue weighted by molar-refractivity contribution is -0.376. The SMILES string of the molecule is O=P12OCC(C(C34COP(=O)(OC3)OC4)(C34COP(=O)(OC3)OC4)C34CC5CC(CC(C5)C3)C4)(CO1)CO2. The molecule has 0 radical (unpaired) electrons. The molecule has 0 aromatic rings. The molecular weight excluding hydrogens is 561 g/mol. The van der Waals surface area contributed by atoms with Gasteiger partial charge in [-0.25, -0.2) is 13.7 Å². The maximum atomic E-state index is 13.0. The van der Waals surface area contributed by atoms with E-state index in [1.807, 2.05) is 0 Å². The van der Waals surface area contributed by atoms with E-state index in [0.717, 1.165) is 19.3 Å². The predicted octanol–water partition coefficient (Wildman–Crippen LogP) is 4.70. The third-order valence-corrected chi connectivity index (χ3v) is 15.7. The molecule has 4 aliphatic carbocycles. The van der Waals surface area contributed by atoms with Crippen molar-refractivity contribution in [1.29, 1.82) is 0 Å². The van der Waals surface area contributed by atoms with Crippen molar-refractivity contribution >= 4 is 23.5 Å². The third-order valence-electron chi connectivity index (χ3n) is 11.7. The normalized spacial score (nSPS) is 61.7. The fourth-order valence-corrected chi connectivity index (χ4v) is 15.8. The molecule has 4 saturated carbocycles. The van der Waals surface area contributed by atoms with E-state index in [9.17, 15) is 13.7 Å². The highest BCUT2D eigenvalue weighted by molar-refractivity contribution is 7.49. The first-order chi connectivity index (χ1) is 18.1. The maximum absolute atomic E-state index is 13.0. The van der Waals surface area contributed by atoms with Crippen molar-refractivity contribution in [2.45, 2.75) is 38.5 Å². The molecule has 9 saturated heterocycles. The number of fused-ring (bicyclic) bond motifs is 9. The molecule has 10 bridgehead atoms. The molecule has 12 nitrogen and oxygen atoms in total. The summed E-state index contributed by atoms with van der Waals surface area (Å²) < 4.78 is 92.3. The number of phosphoric acid groups is 3. The molecule has 13 fully saturated rings. The Morgan fingerprint density at radius 2 is 0.658 bits per heavy atom. The van der Waals surface area contributed by atoms with Crippen molar-refractivity contribution in [1.82, 2.24) is 0 Å². The molecule has 38 heavy (non-hydrogen) atoms. The molecule has 0 aromatic heterocycles. The van der Waals surface area contributed by atoms with Crippen molar-refractivity contribution in [2.24, 2.45) is 44.8 Å². The Hall–Kier alpha value is 0.330. The van der Waals surface area contributed by atoms with Gasteiger partial charge in [0.2, 0.25) is 0 Å². The zero-order valence-corrected chi connectivity index (χ0v) is 23.8. The van der Waals surface area contributed by atoms with Gasteiger partial charge in [0.15, 0.2) is 0 Å². The molecule has 13 rings (SSSR count). The zero-order valence-electron chi connectivity index (χ0n) is 21.1. The van der Waals surface area contributed by atoms with Gasteiger partial charge >= 0.3 is 23.5 Å². The van der Waals surface area contributed by atoms with E-state index in [1.165, 1.54) is 19.3 Å². The highest BCUT2D eigenvalue weighted by Crippen LogP contribution is 2.85. The predicted molar refractivity (Wildman–Crippen MR) is 127 cm³/mol. The summed E-state index contributed by atoms with van der Waals surface area (Å²) in [4.78, 5) is 0.